The van der Waals surface area contributed by atoms with E-state index in [4.69, 9.17) is 5.73 Å². The standard InChI is InChI=1S/C14H17N5O2/c1-3-11-16-13(18-17-11)14(21)19(2)8-9-4-6-10(7-5-9)12(15)20/h4-7H,3,8H2,1-2H3,(H2,15,20)(H,16,17,18). The topological polar surface area (TPSA) is 105 Å². The number of aryl methyl sites for hydroxylation is 1. The maximum atomic E-state index is 12.2. The van der Waals surface area contributed by atoms with E-state index < -0.39 is 5.91 Å². The number of H-pyrrole nitrogens is 1. The van der Waals surface area contributed by atoms with Crippen LogP contribution in [0.1, 0.15) is 39.3 Å². The number of benzene rings is 1. The molecular formula is C14H17N5O2. The van der Waals surface area contributed by atoms with Gasteiger partial charge in [-0.1, -0.05) is 19.1 Å². The first kappa shape index (κ1) is 14.7. The van der Waals surface area contributed by atoms with Gasteiger partial charge in [0.25, 0.3) is 5.91 Å². The maximum Gasteiger partial charge on any atom is 0.293 e. The number of primary amides is 1. The number of aromatic nitrogens is 3. The molecule has 0 saturated carbocycles. The number of carbonyl (C=O) groups is 2. The van der Waals surface area contributed by atoms with E-state index in [1.807, 2.05) is 6.92 Å². The van der Waals surface area contributed by atoms with Crippen LogP contribution in [-0.2, 0) is 13.0 Å². The largest absolute Gasteiger partial charge is 0.366 e. The fourth-order valence-electron chi connectivity index (χ4n) is 1.84. The second kappa shape index (κ2) is 6.17. The molecule has 0 saturated heterocycles. The van der Waals surface area contributed by atoms with Crippen LogP contribution in [0.4, 0.5) is 0 Å². The molecule has 0 aliphatic rings. The van der Waals surface area contributed by atoms with Crippen LogP contribution in [0.15, 0.2) is 24.3 Å². The summed E-state index contributed by atoms with van der Waals surface area (Å²) >= 11 is 0. The molecule has 0 unspecified atom stereocenters. The van der Waals surface area contributed by atoms with Gasteiger partial charge in [0.2, 0.25) is 11.7 Å². The van der Waals surface area contributed by atoms with Crippen LogP contribution in [0.25, 0.3) is 0 Å². The van der Waals surface area contributed by atoms with E-state index >= 15 is 0 Å². The molecule has 0 aliphatic carbocycles. The van der Waals surface area contributed by atoms with Crippen molar-refractivity contribution in [3.8, 4) is 0 Å². The van der Waals surface area contributed by atoms with Crippen molar-refractivity contribution in [1.82, 2.24) is 20.1 Å². The van der Waals surface area contributed by atoms with Crippen molar-refractivity contribution in [1.29, 1.82) is 0 Å². The zero-order chi connectivity index (χ0) is 15.4. The van der Waals surface area contributed by atoms with Gasteiger partial charge in [-0.05, 0) is 17.7 Å². The van der Waals surface area contributed by atoms with Crippen molar-refractivity contribution in [3.63, 3.8) is 0 Å². The number of amides is 2. The van der Waals surface area contributed by atoms with Crippen LogP contribution in [-0.4, -0.2) is 38.9 Å². The first-order valence-electron chi connectivity index (χ1n) is 6.56. The van der Waals surface area contributed by atoms with Crippen LogP contribution >= 0.6 is 0 Å². The fraction of sp³-hybridized carbons (Fsp3) is 0.286. The fourth-order valence-corrected chi connectivity index (χ4v) is 1.84. The lowest BCUT2D eigenvalue weighted by Gasteiger charge is -2.15. The smallest absolute Gasteiger partial charge is 0.293 e. The predicted molar refractivity (Wildman–Crippen MR) is 76.5 cm³/mol. The van der Waals surface area contributed by atoms with Gasteiger partial charge >= 0.3 is 0 Å². The summed E-state index contributed by atoms with van der Waals surface area (Å²) in [6, 6.07) is 6.80. The number of hydrogen-bond acceptors (Lipinski definition) is 4. The molecule has 0 atom stereocenters. The lowest BCUT2D eigenvalue weighted by molar-refractivity contribution is 0.0773. The van der Waals surface area contributed by atoms with Gasteiger partial charge in [0.1, 0.15) is 5.82 Å². The number of nitrogens with one attached hydrogen (secondary N) is 1. The Hall–Kier alpha value is -2.70. The van der Waals surface area contributed by atoms with Crippen molar-refractivity contribution in [2.75, 3.05) is 7.05 Å². The molecule has 110 valence electrons. The van der Waals surface area contributed by atoms with Gasteiger partial charge in [0, 0.05) is 25.6 Å². The minimum absolute atomic E-state index is 0.156. The van der Waals surface area contributed by atoms with Gasteiger partial charge in [-0.2, -0.15) is 0 Å². The van der Waals surface area contributed by atoms with Gasteiger partial charge in [-0.3, -0.25) is 14.7 Å². The molecule has 1 aromatic heterocycles. The van der Waals surface area contributed by atoms with E-state index in [2.05, 4.69) is 15.2 Å². The van der Waals surface area contributed by atoms with Crippen molar-refractivity contribution < 1.29 is 9.59 Å². The first-order chi connectivity index (χ1) is 10.0. The quantitative estimate of drug-likeness (QED) is 0.846. The third-order valence-electron chi connectivity index (χ3n) is 3.06. The van der Waals surface area contributed by atoms with E-state index in [1.54, 1.807) is 31.3 Å². The molecule has 0 spiro atoms. The van der Waals surface area contributed by atoms with Crippen LogP contribution in [0.5, 0.6) is 0 Å². The molecule has 7 heteroatoms. The zero-order valence-electron chi connectivity index (χ0n) is 12.0. The second-order valence-electron chi connectivity index (χ2n) is 4.68. The highest BCUT2D eigenvalue weighted by molar-refractivity contribution is 5.92. The Morgan fingerprint density at radius 1 is 1.29 bits per heavy atom. The van der Waals surface area contributed by atoms with Gasteiger partial charge in [0.05, 0.1) is 0 Å². The van der Waals surface area contributed by atoms with Crippen molar-refractivity contribution in [3.05, 3.63) is 47.0 Å². The minimum atomic E-state index is -0.473. The summed E-state index contributed by atoms with van der Waals surface area (Å²) in [4.78, 5) is 28.8. The third kappa shape index (κ3) is 3.44. The Morgan fingerprint density at radius 3 is 2.48 bits per heavy atom. The lowest BCUT2D eigenvalue weighted by Crippen LogP contribution is -2.27. The molecule has 2 aromatic rings. The van der Waals surface area contributed by atoms with E-state index in [0.717, 1.165) is 5.56 Å². The highest BCUT2D eigenvalue weighted by Gasteiger charge is 2.17. The average Bonchev–Trinajstić information content (AvgIpc) is 2.95. The van der Waals surface area contributed by atoms with Crippen molar-refractivity contribution in [2.45, 2.75) is 19.9 Å². The van der Waals surface area contributed by atoms with Crippen LogP contribution < -0.4 is 5.73 Å². The first-order valence-corrected chi connectivity index (χ1v) is 6.56. The third-order valence-corrected chi connectivity index (χ3v) is 3.06. The van der Waals surface area contributed by atoms with E-state index in [0.29, 0.717) is 24.4 Å². The highest BCUT2D eigenvalue weighted by atomic mass is 16.2. The minimum Gasteiger partial charge on any atom is -0.366 e. The number of carbonyl (C=O) groups excluding carboxylic acids is 2. The Bertz CT molecular complexity index is 648. The summed E-state index contributed by atoms with van der Waals surface area (Å²) in [6.45, 7) is 2.33. The molecule has 0 aliphatic heterocycles. The van der Waals surface area contributed by atoms with Gasteiger partial charge in [0.15, 0.2) is 0 Å². The summed E-state index contributed by atoms with van der Waals surface area (Å²) in [5.74, 6) is 0.101. The Balaban J connectivity index is 2.04. The highest BCUT2D eigenvalue weighted by Crippen LogP contribution is 2.08. The summed E-state index contributed by atoms with van der Waals surface area (Å²) in [6.07, 6.45) is 0.693. The van der Waals surface area contributed by atoms with E-state index in [1.165, 1.54) is 4.90 Å². The lowest BCUT2D eigenvalue weighted by atomic mass is 10.1. The summed E-state index contributed by atoms with van der Waals surface area (Å²) in [5.41, 5.74) is 6.51. The van der Waals surface area contributed by atoms with Gasteiger partial charge in [-0.25, -0.2) is 4.98 Å². The monoisotopic (exact) mass is 287 g/mol. The molecule has 7 nitrogen and oxygen atoms in total. The zero-order valence-corrected chi connectivity index (χ0v) is 12.0. The average molecular weight is 287 g/mol. The van der Waals surface area contributed by atoms with Crippen molar-refractivity contribution in [2.24, 2.45) is 5.73 Å². The van der Waals surface area contributed by atoms with E-state index in [9.17, 15) is 9.59 Å². The molecule has 0 bridgehead atoms. The number of nitrogens with zero attached hydrogens (tertiary/aromatic N) is 3. The molecule has 1 heterocycles. The molecule has 0 fully saturated rings. The predicted octanol–water partition coefficient (Wildman–Crippen LogP) is 0.738. The summed E-state index contributed by atoms with van der Waals surface area (Å²) in [5, 5.41) is 6.61. The summed E-state index contributed by atoms with van der Waals surface area (Å²) < 4.78 is 0. The van der Waals surface area contributed by atoms with E-state index in [-0.39, 0.29) is 11.7 Å². The second-order valence-corrected chi connectivity index (χ2v) is 4.68. The van der Waals surface area contributed by atoms with Gasteiger partial charge in [-0.15, -0.1) is 5.10 Å². The molecule has 1 aromatic carbocycles. The molecule has 0 radical (unpaired) electrons. The molecule has 3 N–H and O–H groups in total. The number of nitrogens with two attached hydrogens (primary N) is 1. The Labute approximate surface area is 122 Å². The molecule has 21 heavy (non-hydrogen) atoms. The normalized spacial score (nSPS) is 10.4. The maximum absolute atomic E-state index is 12.2. The SMILES string of the molecule is CCc1nc(C(=O)N(C)Cc2ccc(C(N)=O)cc2)n[nH]1. The Morgan fingerprint density at radius 2 is 1.95 bits per heavy atom. The van der Waals surface area contributed by atoms with Crippen LogP contribution in [0, 0.1) is 0 Å². The molecule has 2 rings (SSSR count). The van der Waals surface area contributed by atoms with Crippen LogP contribution in [0.3, 0.4) is 0 Å². The number of hydrogen-bond donors (Lipinski definition) is 2. The summed E-state index contributed by atoms with van der Waals surface area (Å²) in [7, 11) is 1.67. The molecule has 2 amide bonds. The van der Waals surface area contributed by atoms with Gasteiger partial charge < -0.3 is 10.6 Å². The number of aromatic amines is 1. The molecular weight excluding hydrogens is 270 g/mol. The Kier molecular flexibility index (Phi) is 4.32. The van der Waals surface area contributed by atoms with Crippen LogP contribution in [0.2, 0.25) is 0 Å². The van der Waals surface area contributed by atoms with Crippen molar-refractivity contribution >= 4 is 11.8 Å². The number of rotatable bonds is 5.